The molecular formula is C17H28N2. The van der Waals surface area contributed by atoms with E-state index in [4.69, 9.17) is 0 Å². The maximum absolute atomic E-state index is 3.68. The molecule has 2 rings (SSSR count). The zero-order chi connectivity index (χ0) is 13.5. The number of para-hydroxylation sites is 1. The van der Waals surface area contributed by atoms with Gasteiger partial charge >= 0.3 is 0 Å². The Morgan fingerprint density at radius 2 is 1.95 bits per heavy atom. The number of anilines is 1. The molecule has 0 aromatic heterocycles. The van der Waals surface area contributed by atoms with E-state index in [9.17, 15) is 0 Å². The lowest BCUT2D eigenvalue weighted by Gasteiger charge is -2.26. The molecule has 1 fully saturated rings. The Kier molecular flexibility index (Phi) is 5.71. The third kappa shape index (κ3) is 4.87. The van der Waals surface area contributed by atoms with Gasteiger partial charge in [-0.15, -0.1) is 0 Å². The topological polar surface area (TPSA) is 15.3 Å². The minimum Gasteiger partial charge on any atom is -0.370 e. The van der Waals surface area contributed by atoms with Crippen molar-refractivity contribution in [1.29, 1.82) is 0 Å². The number of rotatable bonds is 9. The van der Waals surface area contributed by atoms with Crippen molar-refractivity contribution in [2.45, 2.75) is 45.6 Å². The molecule has 1 aromatic rings. The molecule has 0 radical (unpaired) electrons. The largest absolute Gasteiger partial charge is 0.370 e. The van der Waals surface area contributed by atoms with Gasteiger partial charge in [0.1, 0.15) is 0 Å². The normalized spacial score (nSPS) is 16.3. The molecule has 106 valence electrons. The smallest absolute Gasteiger partial charge is 0.0366 e. The van der Waals surface area contributed by atoms with Crippen molar-refractivity contribution < 1.29 is 0 Å². The highest BCUT2D eigenvalue weighted by Crippen LogP contribution is 2.32. The Bertz CT molecular complexity index is 346. The fourth-order valence-electron chi connectivity index (χ4n) is 2.55. The van der Waals surface area contributed by atoms with E-state index in [1.165, 1.54) is 37.9 Å². The number of benzene rings is 1. The number of unbranched alkanes of at least 4 members (excludes halogenated alkanes) is 1. The first-order chi connectivity index (χ1) is 9.31. The SMILES string of the molecule is CCCCN(CCNC(C)C1CC1)c1ccccc1. The average molecular weight is 260 g/mol. The third-order valence-corrected chi connectivity index (χ3v) is 4.08. The zero-order valence-corrected chi connectivity index (χ0v) is 12.4. The summed E-state index contributed by atoms with van der Waals surface area (Å²) in [6.07, 6.45) is 5.38. The summed E-state index contributed by atoms with van der Waals surface area (Å²) in [5.41, 5.74) is 1.36. The molecule has 1 saturated carbocycles. The summed E-state index contributed by atoms with van der Waals surface area (Å²) in [5, 5.41) is 3.68. The van der Waals surface area contributed by atoms with Crippen LogP contribution in [-0.2, 0) is 0 Å². The van der Waals surface area contributed by atoms with Crippen LogP contribution in [0.5, 0.6) is 0 Å². The van der Waals surface area contributed by atoms with Gasteiger partial charge in [-0.25, -0.2) is 0 Å². The van der Waals surface area contributed by atoms with Crippen molar-refractivity contribution in [1.82, 2.24) is 5.32 Å². The summed E-state index contributed by atoms with van der Waals surface area (Å²) in [5.74, 6) is 0.945. The van der Waals surface area contributed by atoms with E-state index < -0.39 is 0 Å². The van der Waals surface area contributed by atoms with Crippen LogP contribution in [0.2, 0.25) is 0 Å². The van der Waals surface area contributed by atoms with Gasteiger partial charge in [0.25, 0.3) is 0 Å². The monoisotopic (exact) mass is 260 g/mol. The molecule has 0 saturated heterocycles. The molecule has 19 heavy (non-hydrogen) atoms. The van der Waals surface area contributed by atoms with Crippen molar-refractivity contribution in [3.63, 3.8) is 0 Å². The minimum absolute atomic E-state index is 0.698. The van der Waals surface area contributed by atoms with E-state index in [0.717, 1.165) is 19.0 Å². The van der Waals surface area contributed by atoms with E-state index in [1.54, 1.807) is 0 Å². The Morgan fingerprint density at radius 1 is 1.21 bits per heavy atom. The summed E-state index contributed by atoms with van der Waals surface area (Å²) in [6.45, 7) is 7.96. The predicted molar refractivity (Wildman–Crippen MR) is 83.8 cm³/mol. The first-order valence-electron chi connectivity index (χ1n) is 7.84. The molecular weight excluding hydrogens is 232 g/mol. The average Bonchev–Trinajstić information content (AvgIpc) is 3.28. The molecule has 1 atom stereocenters. The molecule has 0 amide bonds. The molecule has 2 heteroatoms. The molecule has 0 heterocycles. The molecule has 1 N–H and O–H groups in total. The molecule has 0 bridgehead atoms. The minimum atomic E-state index is 0.698. The second-order valence-electron chi connectivity index (χ2n) is 5.76. The number of hydrogen-bond acceptors (Lipinski definition) is 2. The van der Waals surface area contributed by atoms with E-state index >= 15 is 0 Å². The quantitative estimate of drug-likeness (QED) is 0.728. The van der Waals surface area contributed by atoms with Crippen LogP contribution in [-0.4, -0.2) is 25.7 Å². The van der Waals surface area contributed by atoms with Crippen molar-refractivity contribution >= 4 is 5.69 Å². The first kappa shape index (κ1) is 14.4. The van der Waals surface area contributed by atoms with Crippen LogP contribution in [0.25, 0.3) is 0 Å². The summed E-state index contributed by atoms with van der Waals surface area (Å²) < 4.78 is 0. The second-order valence-corrected chi connectivity index (χ2v) is 5.76. The number of hydrogen-bond donors (Lipinski definition) is 1. The fraction of sp³-hybridized carbons (Fsp3) is 0.647. The van der Waals surface area contributed by atoms with Crippen LogP contribution in [0, 0.1) is 5.92 Å². The Balaban J connectivity index is 1.79. The van der Waals surface area contributed by atoms with Crippen LogP contribution >= 0.6 is 0 Å². The Labute approximate surface area is 118 Å². The van der Waals surface area contributed by atoms with Gasteiger partial charge in [-0.05, 0) is 44.2 Å². The lowest BCUT2D eigenvalue weighted by Crippen LogP contribution is -2.37. The second kappa shape index (κ2) is 7.54. The fourth-order valence-corrected chi connectivity index (χ4v) is 2.55. The van der Waals surface area contributed by atoms with Crippen molar-refractivity contribution in [3.05, 3.63) is 30.3 Å². The molecule has 1 unspecified atom stereocenters. The van der Waals surface area contributed by atoms with Crippen molar-refractivity contribution in [2.24, 2.45) is 5.92 Å². The molecule has 0 aliphatic heterocycles. The first-order valence-corrected chi connectivity index (χ1v) is 7.84. The van der Waals surface area contributed by atoms with E-state index in [2.05, 4.69) is 54.4 Å². The highest BCUT2D eigenvalue weighted by atomic mass is 15.1. The van der Waals surface area contributed by atoms with Gasteiger partial charge in [0.2, 0.25) is 0 Å². The molecule has 1 aliphatic rings. The maximum Gasteiger partial charge on any atom is 0.0366 e. The van der Waals surface area contributed by atoms with E-state index in [0.29, 0.717) is 6.04 Å². The lowest BCUT2D eigenvalue weighted by atomic mass is 10.2. The zero-order valence-electron chi connectivity index (χ0n) is 12.4. The van der Waals surface area contributed by atoms with E-state index in [-0.39, 0.29) is 0 Å². The number of nitrogens with zero attached hydrogens (tertiary/aromatic N) is 1. The molecule has 0 spiro atoms. The predicted octanol–water partition coefficient (Wildman–Crippen LogP) is 3.68. The molecule has 1 aliphatic carbocycles. The Hall–Kier alpha value is -1.02. The third-order valence-electron chi connectivity index (χ3n) is 4.08. The van der Waals surface area contributed by atoms with Crippen LogP contribution < -0.4 is 10.2 Å². The van der Waals surface area contributed by atoms with Crippen LogP contribution in [0.4, 0.5) is 5.69 Å². The summed E-state index contributed by atoms with van der Waals surface area (Å²) in [7, 11) is 0. The van der Waals surface area contributed by atoms with Crippen molar-refractivity contribution in [2.75, 3.05) is 24.5 Å². The van der Waals surface area contributed by atoms with Crippen LogP contribution in [0.3, 0.4) is 0 Å². The van der Waals surface area contributed by atoms with Gasteiger partial charge in [0, 0.05) is 31.4 Å². The van der Waals surface area contributed by atoms with Gasteiger partial charge < -0.3 is 10.2 Å². The Morgan fingerprint density at radius 3 is 2.58 bits per heavy atom. The van der Waals surface area contributed by atoms with Crippen LogP contribution in [0.15, 0.2) is 30.3 Å². The summed E-state index contributed by atoms with van der Waals surface area (Å²) >= 11 is 0. The summed E-state index contributed by atoms with van der Waals surface area (Å²) in [6, 6.07) is 11.5. The lowest BCUT2D eigenvalue weighted by molar-refractivity contribution is 0.496. The molecule has 1 aromatic carbocycles. The standard InChI is InChI=1S/C17H28N2/c1-3-4-13-19(17-8-6-5-7-9-17)14-12-18-15(2)16-10-11-16/h5-9,15-16,18H,3-4,10-14H2,1-2H3. The van der Waals surface area contributed by atoms with Gasteiger partial charge in [-0.1, -0.05) is 31.5 Å². The van der Waals surface area contributed by atoms with Gasteiger partial charge in [0.05, 0.1) is 0 Å². The van der Waals surface area contributed by atoms with Crippen LogP contribution in [0.1, 0.15) is 39.5 Å². The van der Waals surface area contributed by atoms with Gasteiger partial charge in [-0.3, -0.25) is 0 Å². The van der Waals surface area contributed by atoms with Gasteiger partial charge in [-0.2, -0.15) is 0 Å². The maximum atomic E-state index is 3.68. The highest BCUT2D eigenvalue weighted by Gasteiger charge is 2.27. The highest BCUT2D eigenvalue weighted by molar-refractivity contribution is 5.45. The number of nitrogens with one attached hydrogen (secondary N) is 1. The molecule has 2 nitrogen and oxygen atoms in total. The van der Waals surface area contributed by atoms with Gasteiger partial charge in [0.15, 0.2) is 0 Å². The van der Waals surface area contributed by atoms with Crippen molar-refractivity contribution in [3.8, 4) is 0 Å². The van der Waals surface area contributed by atoms with E-state index in [1.807, 2.05) is 0 Å². The summed E-state index contributed by atoms with van der Waals surface area (Å²) in [4.78, 5) is 2.51.